The fourth-order valence-electron chi connectivity index (χ4n) is 2.34. The maximum Gasteiger partial charge on any atom is 0.267 e. The molecule has 1 aromatic heterocycles. The van der Waals surface area contributed by atoms with E-state index in [9.17, 15) is 13.2 Å². The van der Waals surface area contributed by atoms with Crippen LogP contribution in [-0.4, -0.2) is 26.4 Å². The molecule has 2 aromatic carbocycles. The van der Waals surface area contributed by atoms with E-state index in [-0.39, 0.29) is 14.9 Å². The van der Waals surface area contributed by atoms with Gasteiger partial charge in [0.25, 0.3) is 15.9 Å². The number of carbonyl (C=O) groups excluding carboxylic acids is 1. The fraction of sp³-hybridized carbons (Fsp3) is 0.111. The number of thiazole rings is 1. The zero-order chi connectivity index (χ0) is 21.2. The van der Waals surface area contributed by atoms with Crippen molar-refractivity contribution < 1.29 is 17.9 Å². The summed E-state index contributed by atoms with van der Waals surface area (Å²) in [6.45, 7) is 1.62. The molecule has 0 fully saturated rings. The number of nitrogens with zero attached hydrogens (tertiary/aromatic N) is 1. The molecule has 0 unspecified atom stereocenters. The number of halogens is 2. The number of aromatic nitrogens is 1. The zero-order valence-electron chi connectivity index (χ0n) is 15.2. The van der Waals surface area contributed by atoms with Crippen molar-refractivity contribution in [1.29, 1.82) is 0 Å². The molecule has 1 amide bonds. The highest BCUT2D eigenvalue weighted by molar-refractivity contribution is 7.93. The lowest BCUT2D eigenvalue weighted by Crippen LogP contribution is -2.12. The Morgan fingerprint density at radius 3 is 2.41 bits per heavy atom. The molecule has 0 aliphatic rings. The van der Waals surface area contributed by atoms with Crippen LogP contribution in [0.4, 0.5) is 10.8 Å². The van der Waals surface area contributed by atoms with E-state index in [0.29, 0.717) is 27.2 Å². The topological polar surface area (TPSA) is 97.4 Å². The smallest absolute Gasteiger partial charge is 0.267 e. The number of hydrogen-bond acceptors (Lipinski definition) is 6. The van der Waals surface area contributed by atoms with Crippen LogP contribution in [0.5, 0.6) is 5.75 Å². The predicted molar refractivity (Wildman–Crippen MR) is 115 cm³/mol. The third kappa shape index (κ3) is 4.99. The Morgan fingerprint density at radius 1 is 1.10 bits per heavy atom. The zero-order valence-corrected chi connectivity index (χ0v) is 18.3. The third-order valence-corrected chi connectivity index (χ3v) is 7.07. The number of amides is 1. The lowest BCUT2D eigenvalue weighted by molar-refractivity contribution is 0.103. The van der Waals surface area contributed by atoms with Gasteiger partial charge in [0.1, 0.15) is 10.6 Å². The van der Waals surface area contributed by atoms with Crippen LogP contribution in [0.3, 0.4) is 0 Å². The van der Waals surface area contributed by atoms with Crippen molar-refractivity contribution in [2.75, 3.05) is 17.1 Å². The number of methoxy groups -OCH3 is 1. The minimum Gasteiger partial charge on any atom is -0.497 e. The van der Waals surface area contributed by atoms with Gasteiger partial charge in [-0.05, 0) is 49.4 Å². The molecule has 3 aromatic rings. The summed E-state index contributed by atoms with van der Waals surface area (Å²) in [4.78, 5) is 17.0. The van der Waals surface area contributed by atoms with Gasteiger partial charge >= 0.3 is 0 Å². The van der Waals surface area contributed by atoms with Crippen molar-refractivity contribution in [2.45, 2.75) is 11.8 Å². The fourth-order valence-corrected chi connectivity index (χ4v) is 4.74. The van der Waals surface area contributed by atoms with Crippen LogP contribution >= 0.6 is 34.5 Å². The van der Waals surface area contributed by atoms with Crippen LogP contribution in [0.2, 0.25) is 10.0 Å². The van der Waals surface area contributed by atoms with Gasteiger partial charge in [-0.25, -0.2) is 13.4 Å². The molecule has 0 saturated carbocycles. The summed E-state index contributed by atoms with van der Waals surface area (Å²) >= 11 is 12.7. The highest BCUT2D eigenvalue weighted by Gasteiger charge is 2.20. The summed E-state index contributed by atoms with van der Waals surface area (Å²) in [5.41, 5.74) is 0.845. The standard InChI is InChI=1S/C18H15Cl2N3O4S2/c1-10-16(17(24)22-11-3-8-14(19)15(20)9-11)28-18(21-10)23-29(25,26)13-6-4-12(27-2)5-7-13/h3-9H,1-2H3,(H,21,23)(H,22,24). The number of carbonyl (C=O) groups is 1. The van der Waals surface area contributed by atoms with E-state index < -0.39 is 15.9 Å². The molecule has 2 N–H and O–H groups in total. The van der Waals surface area contributed by atoms with Gasteiger partial charge in [0.2, 0.25) is 0 Å². The van der Waals surface area contributed by atoms with Crippen LogP contribution in [-0.2, 0) is 10.0 Å². The summed E-state index contributed by atoms with van der Waals surface area (Å²) in [5.74, 6) is 0.101. The highest BCUT2D eigenvalue weighted by atomic mass is 35.5. The number of benzene rings is 2. The highest BCUT2D eigenvalue weighted by Crippen LogP contribution is 2.28. The average molecular weight is 472 g/mol. The number of aryl methyl sites for hydroxylation is 1. The Morgan fingerprint density at radius 2 is 1.79 bits per heavy atom. The molecule has 0 saturated heterocycles. The normalized spacial score (nSPS) is 11.2. The second-order valence-electron chi connectivity index (χ2n) is 5.80. The molecule has 11 heteroatoms. The van der Waals surface area contributed by atoms with Crippen molar-refractivity contribution in [1.82, 2.24) is 4.98 Å². The molecule has 0 atom stereocenters. The van der Waals surface area contributed by atoms with Crippen LogP contribution in [0.1, 0.15) is 15.4 Å². The maximum atomic E-state index is 12.5. The number of hydrogen-bond donors (Lipinski definition) is 2. The Labute approximate surface area is 181 Å². The predicted octanol–water partition coefficient (Wildman–Crippen LogP) is 4.82. The minimum absolute atomic E-state index is 0.0490. The lowest BCUT2D eigenvalue weighted by Gasteiger charge is -2.06. The van der Waals surface area contributed by atoms with Gasteiger partial charge in [-0.15, -0.1) is 0 Å². The summed E-state index contributed by atoms with van der Waals surface area (Å²) in [5, 5.41) is 3.44. The summed E-state index contributed by atoms with van der Waals surface area (Å²) < 4.78 is 32.5. The Hall–Kier alpha value is -2.33. The van der Waals surface area contributed by atoms with Gasteiger partial charge in [0.05, 0.1) is 27.7 Å². The number of sulfonamides is 1. The molecular weight excluding hydrogens is 457 g/mol. The van der Waals surface area contributed by atoms with E-state index in [0.717, 1.165) is 11.3 Å². The van der Waals surface area contributed by atoms with Gasteiger partial charge in [-0.3, -0.25) is 9.52 Å². The van der Waals surface area contributed by atoms with Crippen molar-refractivity contribution in [2.24, 2.45) is 0 Å². The van der Waals surface area contributed by atoms with Crippen LogP contribution in [0, 0.1) is 6.92 Å². The van der Waals surface area contributed by atoms with Gasteiger partial charge in [-0.2, -0.15) is 0 Å². The second kappa shape index (κ2) is 8.58. The molecule has 7 nitrogen and oxygen atoms in total. The number of nitrogens with one attached hydrogen (secondary N) is 2. The van der Waals surface area contributed by atoms with Crippen molar-refractivity contribution >= 4 is 61.3 Å². The van der Waals surface area contributed by atoms with Crippen LogP contribution in [0.15, 0.2) is 47.4 Å². The van der Waals surface area contributed by atoms with E-state index in [4.69, 9.17) is 27.9 Å². The Kier molecular flexibility index (Phi) is 6.33. The summed E-state index contributed by atoms with van der Waals surface area (Å²) in [7, 11) is -2.37. The van der Waals surface area contributed by atoms with Crippen LogP contribution < -0.4 is 14.8 Å². The van der Waals surface area contributed by atoms with Gasteiger partial charge < -0.3 is 10.1 Å². The molecular formula is C18H15Cl2N3O4S2. The first kappa shape index (κ1) is 21.4. The van der Waals surface area contributed by atoms with Gasteiger partial charge in [0, 0.05) is 5.69 Å². The van der Waals surface area contributed by atoms with E-state index in [1.54, 1.807) is 19.1 Å². The SMILES string of the molecule is COc1ccc(S(=O)(=O)Nc2nc(C)c(C(=O)Nc3ccc(Cl)c(Cl)c3)s2)cc1. The first-order chi connectivity index (χ1) is 13.7. The molecule has 0 radical (unpaired) electrons. The van der Waals surface area contributed by atoms with Crippen molar-refractivity contribution in [3.05, 3.63) is 63.1 Å². The quantitative estimate of drug-likeness (QED) is 0.536. The first-order valence-electron chi connectivity index (χ1n) is 8.10. The average Bonchev–Trinajstić information content (AvgIpc) is 3.04. The van der Waals surface area contributed by atoms with Crippen LogP contribution in [0.25, 0.3) is 0 Å². The molecule has 0 aliphatic heterocycles. The van der Waals surface area contributed by atoms with Crippen molar-refractivity contribution in [3.8, 4) is 5.75 Å². The summed E-state index contributed by atoms with van der Waals surface area (Å²) in [6.07, 6.45) is 0. The van der Waals surface area contributed by atoms with Gasteiger partial charge in [-0.1, -0.05) is 34.5 Å². The lowest BCUT2D eigenvalue weighted by atomic mass is 10.3. The maximum absolute atomic E-state index is 12.5. The molecule has 1 heterocycles. The Bertz CT molecular complexity index is 1160. The minimum atomic E-state index is -3.86. The number of rotatable bonds is 6. The number of anilines is 2. The monoisotopic (exact) mass is 471 g/mol. The van der Waals surface area contributed by atoms with E-state index in [1.165, 1.54) is 37.4 Å². The van der Waals surface area contributed by atoms with Crippen molar-refractivity contribution in [3.63, 3.8) is 0 Å². The first-order valence-corrected chi connectivity index (χ1v) is 11.2. The van der Waals surface area contributed by atoms with E-state index >= 15 is 0 Å². The molecule has 152 valence electrons. The second-order valence-corrected chi connectivity index (χ2v) is 9.29. The number of ether oxygens (including phenoxy) is 1. The summed E-state index contributed by atoms with van der Waals surface area (Å²) in [6, 6.07) is 10.6. The molecule has 3 rings (SSSR count). The Balaban J connectivity index is 1.78. The molecule has 0 bridgehead atoms. The van der Waals surface area contributed by atoms with E-state index in [1.807, 2.05) is 0 Å². The van der Waals surface area contributed by atoms with E-state index in [2.05, 4.69) is 15.0 Å². The molecule has 29 heavy (non-hydrogen) atoms. The van der Waals surface area contributed by atoms with Gasteiger partial charge in [0.15, 0.2) is 5.13 Å². The molecule has 0 spiro atoms. The largest absolute Gasteiger partial charge is 0.497 e. The third-order valence-electron chi connectivity index (χ3n) is 3.77. The molecule has 0 aliphatic carbocycles.